The number of hydrogen-bond donors (Lipinski definition) is 2. The third-order valence-corrected chi connectivity index (χ3v) is 7.65. The van der Waals surface area contributed by atoms with Crippen molar-refractivity contribution in [1.29, 1.82) is 0 Å². The molecule has 0 aliphatic carbocycles. The molecule has 1 aliphatic rings. The molecule has 0 bridgehead atoms. The van der Waals surface area contributed by atoms with E-state index in [4.69, 9.17) is 9.15 Å². The zero-order valence-corrected chi connectivity index (χ0v) is 24.3. The molecule has 2 heterocycles. The molecule has 1 unspecified atom stereocenters. The topological polar surface area (TPSA) is 135 Å². The van der Waals surface area contributed by atoms with Crippen molar-refractivity contribution in [2.45, 2.75) is 23.5 Å². The van der Waals surface area contributed by atoms with Crippen molar-refractivity contribution in [3.8, 4) is 0 Å². The highest BCUT2D eigenvalue weighted by Crippen LogP contribution is 2.35. The minimum Gasteiger partial charge on any atom is -0.465 e. The summed E-state index contributed by atoms with van der Waals surface area (Å²) >= 11 is 1.20. The van der Waals surface area contributed by atoms with Gasteiger partial charge in [-0.3, -0.25) is 19.2 Å². The Labute approximate surface area is 257 Å². The number of anilines is 2. The number of furan rings is 1. The van der Waals surface area contributed by atoms with Gasteiger partial charge >= 0.3 is 5.97 Å². The third kappa shape index (κ3) is 7.13. The van der Waals surface area contributed by atoms with Gasteiger partial charge in [0, 0.05) is 28.6 Å². The Hall–Kier alpha value is -5.42. The van der Waals surface area contributed by atoms with Crippen LogP contribution in [-0.2, 0) is 19.1 Å². The second-order valence-corrected chi connectivity index (χ2v) is 10.8. The third-order valence-electron chi connectivity index (χ3n) is 6.47. The zero-order chi connectivity index (χ0) is 31.1. The molecule has 0 radical (unpaired) electrons. The SMILES string of the molecule is CCOC(=O)c1ccc(N2C(=O)CC(Sc3cccc(NC(=O)C(=Cc4ccco4)NC(=O)c4ccccc4)c3)C2=O)cc1. The lowest BCUT2D eigenvalue weighted by Gasteiger charge is -2.15. The Bertz CT molecular complexity index is 1720. The van der Waals surface area contributed by atoms with Crippen molar-refractivity contribution in [3.05, 3.63) is 120 Å². The second kappa shape index (κ2) is 13.7. The number of carbonyl (C=O) groups excluding carboxylic acids is 5. The molecule has 222 valence electrons. The molecule has 0 spiro atoms. The van der Waals surface area contributed by atoms with E-state index in [0.717, 1.165) is 4.90 Å². The molecule has 1 fully saturated rings. The Morgan fingerprint density at radius 2 is 1.73 bits per heavy atom. The average Bonchev–Trinajstić information content (AvgIpc) is 3.64. The van der Waals surface area contributed by atoms with Gasteiger partial charge in [0.05, 0.1) is 29.4 Å². The predicted octanol–water partition coefficient (Wildman–Crippen LogP) is 5.29. The van der Waals surface area contributed by atoms with Crippen LogP contribution in [0.5, 0.6) is 0 Å². The summed E-state index contributed by atoms with van der Waals surface area (Å²) in [6.45, 7) is 1.94. The van der Waals surface area contributed by atoms with Gasteiger partial charge in [0.15, 0.2) is 0 Å². The van der Waals surface area contributed by atoms with Gasteiger partial charge in [-0.05, 0) is 73.7 Å². The van der Waals surface area contributed by atoms with E-state index in [1.165, 1.54) is 48.4 Å². The summed E-state index contributed by atoms with van der Waals surface area (Å²) in [5, 5.41) is 4.74. The van der Waals surface area contributed by atoms with Crippen LogP contribution in [0.3, 0.4) is 0 Å². The summed E-state index contributed by atoms with van der Waals surface area (Å²) in [5.41, 5.74) is 1.45. The summed E-state index contributed by atoms with van der Waals surface area (Å²) in [6.07, 6.45) is 2.86. The van der Waals surface area contributed by atoms with Gasteiger partial charge < -0.3 is 19.8 Å². The Morgan fingerprint density at radius 1 is 0.955 bits per heavy atom. The molecule has 11 heteroatoms. The molecule has 4 amide bonds. The maximum absolute atomic E-state index is 13.3. The summed E-state index contributed by atoms with van der Waals surface area (Å²) < 4.78 is 10.3. The number of carbonyl (C=O) groups is 5. The lowest BCUT2D eigenvalue weighted by atomic mass is 10.2. The van der Waals surface area contributed by atoms with Gasteiger partial charge in [0.2, 0.25) is 11.8 Å². The van der Waals surface area contributed by atoms with Crippen LogP contribution in [0.15, 0.2) is 112 Å². The number of thioether (sulfide) groups is 1. The quantitative estimate of drug-likeness (QED) is 0.141. The van der Waals surface area contributed by atoms with E-state index in [1.807, 2.05) is 0 Å². The van der Waals surface area contributed by atoms with E-state index in [1.54, 1.807) is 73.7 Å². The first-order chi connectivity index (χ1) is 21.3. The van der Waals surface area contributed by atoms with Gasteiger partial charge in [0.1, 0.15) is 11.5 Å². The fourth-order valence-corrected chi connectivity index (χ4v) is 5.51. The summed E-state index contributed by atoms with van der Waals surface area (Å²) in [5.74, 6) is -1.91. The summed E-state index contributed by atoms with van der Waals surface area (Å²) in [7, 11) is 0. The summed E-state index contributed by atoms with van der Waals surface area (Å²) in [6, 6.07) is 24.7. The molecule has 0 saturated carbocycles. The standard InChI is InChI=1S/C33H27N3O7S/c1-2-42-33(41)22-13-15-24(16-14-22)36-29(37)20-28(32(36)40)44-26-12-6-10-23(18-26)34-31(39)27(19-25-11-7-17-43-25)35-30(38)21-8-4-3-5-9-21/h3-19,28H,2,20H2,1H3,(H,34,39)(H,35,38). The molecule has 1 atom stereocenters. The molecule has 2 N–H and O–H groups in total. The molecule has 1 saturated heterocycles. The minimum absolute atomic E-state index is 0.0126. The van der Waals surface area contributed by atoms with Gasteiger partial charge in [-0.1, -0.05) is 24.3 Å². The molecule has 4 aromatic rings. The Balaban J connectivity index is 1.27. The van der Waals surface area contributed by atoms with E-state index in [0.29, 0.717) is 33.2 Å². The lowest BCUT2D eigenvalue weighted by Crippen LogP contribution is -2.31. The van der Waals surface area contributed by atoms with Crippen molar-refractivity contribution >= 4 is 58.8 Å². The predicted molar refractivity (Wildman–Crippen MR) is 165 cm³/mol. The molecule has 10 nitrogen and oxygen atoms in total. The molecular weight excluding hydrogens is 582 g/mol. The van der Waals surface area contributed by atoms with Crippen molar-refractivity contribution < 1.29 is 33.1 Å². The molecule has 1 aliphatic heterocycles. The van der Waals surface area contributed by atoms with Crippen LogP contribution >= 0.6 is 11.8 Å². The van der Waals surface area contributed by atoms with Crippen molar-refractivity contribution in [1.82, 2.24) is 5.32 Å². The lowest BCUT2D eigenvalue weighted by molar-refractivity contribution is -0.121. The number of nitrogens with one attached hydrogen (secondary N) is 2. The van der Waals surface area contributed by atoms with Crippen LogP contribution in [0.4, 0.5) is 11.4 Å². The maximum Gasteiger partial charge on any atom is 0.338 e. The van der Waals surface area contributed by atoms with Crippen LogP contribution in [0, 0.1) is 0 Å². The highest BCUT2D eigenvalue weighted by molar-refractivity contribution is 8.00. The first-order valence-corrected chi connectivity index (χ1v) is 14.5. The zero-order valence-electron chi connectivity index (χ0n) is 23.5. The number of nitrogens with zero attached hydrogens (tertiary/aromatic N) is 1. The molecule has 44 heavy (non-hydrogen) atoms. The maximum atomic E-state index is 13.3. The molecule has 3 aromatic carbocycles. The van der Waals surface area contributed by atoms with Crippen LogP contribution in [0.1, 0.15) is 39.8 Å². The number of hydrogen-bond acceptors (Lipinski definition) is 8. The highest BCUT2D eigenvalue weighted by Gasteiger charge is 2.40. The number of ether oxygens (including phenoxy) is 1. The Morgan fingerprint density at radius 3 is 2.43 bits per heavy atom. The first kappa shape index (κ1) is 30.1. The normalized spacial score (nSPS) is 14.8. The van der Waals surface area contributed by atoms with Gasteiger partial charge in [-0.25, -0.2) is 9.69 Å². The molecular formula is C33H27N3O7S. The van der Waals surface area contributed by atoms with Crippen LogP contribution < -0.4 is 15.5 Å². The second-order valence-electron chi connectivity index (χ2n) is 9.52. The number of esters is 1. The van der Waals surface area contributed by atoms with E-state index >= 15 is 0 Å². The van der Waals surface area contributed by atoms with E-state index < -0.39 is 23.0 Å². The smallest absolute Gasteiger partial charge is 0.338 e. The highest BCUT2D eigenvalue weighted by atomic mass is 32.2. The number of imide groups is 1. The monoisotopic (exact) mass is 609 g/mol. The van der Waals surface area contributed by atoms with Gasteiger partial charge in [0.25, 0.3) is 11.8 Å². The largest absolute Gasteiger partial charge is 0.465 e. The minimum atomic E-state index is -0.683. The number of rotatable bonds is 10. The van der Waals surface area contributed by atoms with Crippen molar-refractivity contribution in [2.24, 2.45) is 0 Å². The van der Waals surface area contributed by atoms with Crippen LogP contribution in [0.25, 0.3) is 6.08 Å². The molecule has 1 aromatic heterocycles. The fraction of sp³-hybridized carbons (Fsp3) is 0.121. The van der Waals surface area contributed by atoms with Crippen molar-refractivity contribution in [2.75, 3.05) is 16.8 Å². The van der Waals surface area contributed by atoms with E-state index in [-0.39, 0.29) is 30.5 Å². The fourth-order valence-electron chi connectivity index (χ4n) is 4.40. The van der Waals surface area contributed by atoms with E-state index in [2.05, 4.69) is 10.6 Å². The van der Waals surface area contributed by atoms with Crippen LogP contribution in [0.2, 0.25) is 0 Å². The molecule has 5 rings (SSSR count). The number of benzene rings is 3. The Kier molecular flexibility index (Phi) is 9.36. The van der Waals surface area contributed by atoms with E-state index in [9.17, 15) is 24.0 Å². The first-order valence-electron chi connectivity index (χ1n) is 13.7. The summed E-state index contributed by atoms with van der Waals surface area (Å²) in [4.78, 5) is 65.8. The number of amides is 4. The van der Waals surface area contributed by atoms with Gasteiger partial charge in [-0.2, -0.15) is 0 Å². The van der Waals surface area contributed by atoms with Gasteiger partial charge in [-0.15, -0.1) is 11.8 Å². The average molecular weight is 610 g/mol. The van der Waals surface area contributed by atoms with Crippen molar-refractivity contribution in [3.63, 3.8) is 0 Å². The van der Waals surface area contributed by atoms with Crippen LogP contribution in [-0.4, -0.2) is 41.5 Å².